The molecule has 0 unspecified atom stereocenters. The van der Waals surface area contributed by atoms with Crippen molar-refractivity contribution in [3.63, 3.8) is 0 Å². The fraction of sp³-hybridized carbons (Fsp3) is 0.107. The fourth-order valence-corrected chi connectivity index (χ4v) is 6.47. The van der Waals surface area contributed by atoms with Crippen molar-refractivity contribution < 1.29 is 14.8 Å². The number of nitro groups is 1. The molecular weight excluding hydrogens is 492 g/mol. The summed E-state index contributed by atoms with van der Waals surface area (Å²) in [6, 6.07) is 35.4. The lowest BCUT2D eigenvalue weighted by Gasteiger charge is -2.36. The summed E-state index contributed by atoms with van der Waals surface area (Å²) in [4.78, 5) is 23.5. The number of carbonyl (C=O) groups is 1. The van der Waals surface area contributed by atoms with Gasteiger partial charge in [0.05, 0.1) is 9.67 Å². The molecule has 0 aromatic heterocycles. The third-order valence-corrected chi connectivity index (χ3v) is 8.29. The Morgan fingerprint density at radius 3 is 1.69 bits per heavy atom. The van der Waals surface area contributed by atoms with E-state index in [-0.39, 0.29) is 11.4 Å². The molecule has 0 aliphatic rings. The van der Waals surface area contributed by atoms with Crippen molar-refractivity contribution in [2.75, 3.05) is 5.75 Å². The molecule has 0 aliphatic carbocycles. The van der Waals surface area contributed by atoms with Gasteiger partial charge in [0, 0.05) is 11.8 Å². The van der Waals surface area contributed by atoms with Crippen LogP contribution in [0.5, 0.6) is 0 Å². The minimum absolute atomic E-state index is 0.0704. The second-order valence-corrected chi connectivity index (χ2v) is 10.0. The molecule has 0 spiro atoms. The van der Waals surface area contributed by atoms with Crippen LogP contribution in [0.1, 0.15) is 16.7 Å². The van der Waals surface area contributed by atoms with E-state index in [4.69, 9.17) is 0 Å². The minimum Gasteiger partial charge on any atom is -0.480 e. The van der Waals surface area contributed by atoms with E-state index < -0.39 is 21.7 Å². The molecule has 0 bridgehead atoms. The highest BCUT2D eigenvalue weighted by molar-refractivity contribution is 8.01. The quantitative estimate of drug-likeness (QED) is 0.104. The average molecular weight is 517 g/mol. The number of thioether (sulfide) groups is 1. The van der Waals surface area contributed by atoms with Gasteiger partial charge < -0.3 is 5.11 Å². The number of carboxylic acids is 1. The molecule has 0 saturated heterocycles. The summed E-state index contributed by atoms with van der Waals surface area (Å²) in [5.41, 5.74) is 3.02. The van der Waals surface area contributed by atoms with Crippen LogP contribution >= 0.6 is 23.7 Å². The van der Waals surface area contributed by atoms with Crippen LogP contribution in [0.15, 0.2) is 120 Å². The number of nitrogens with zero attached hydrogens (tertiary/aromatic N) is 1. The first-order valence-corrected chi connectivity index (χ1v) is 13.0. The molecule has 2 N–H and O–H groups in total. The fourth-order valence-electron chi connectivity index (χ4n) is 3.96. The van der Waals surface area contributed by atoms with Crippen molar-refractivity contribution in [1.82, 2.24) is 4.72 Å². The Kier molecular flexibility index (Phi) is 8.43. The predicted molar refractivity (Wildman–Crippen MR) is 145 cm³/mol. The number of carboxylic acid groups (broad SMARTS) is 1. The predicted octanol–water partition coefficient (Wildman–Crippen LogP) is 6.37. The molecule has 4 aromatic carbocycles. The van der Waals surface area contributed by atoms with Crippen LogP contribution in [0, 0.1) is 10.1 Å². The van der Waals surface area contributed by atoms with Crippen molar-refractivity contribution >= 4 is 35.4 Å². The highest BCUT2D eigenvalue weighted by Gasteiger charge is 2.38. The molecule has 36 heavy (non-hydrogen) atoms. The molecule has 182 valence electrons. The maximum atomic E-state index is 12.2. The van der Waals surface area contributed by atoms with E-state index in [9.17, 15) is 20.0 Å². The molecular formula is C28H24N2O4S2. The number of benzene rings is 4. The van der Waals surface area contributed by atoms with Gasteiger partial charge in [-0.25, -0.2) is 4.72 Å². The van der Waals surface area contributed by atoms with Crippen molar-refractivity contribution in [2.45, 2.75) is 15.7 Å². The number of hydrogen-bond acceptors (Lipinski definition) is 6. The summed E-state index contributed by atoms with van der Waals surface area (Å²) in [6.07, 6.45) is 0. The third-order valence-electron chi connectivity index (χ3n) is 5.68. The van der Waals surface area contributed by atoms with Crippen molar-refractivity contribution in [3.05, 3.63) is 142 Å². The summed E-state index contributed by atoms with van der Waals surface area (Å²) < 4.78 is 2.29. The van der Waals surface area contributed by atoms with E-state index in [0.29, 0.717) is 4.90 Å². The monoisotopic (exact) mass is 516 g/mol. The molecule has 0 aliphatic heterocycles. The lowest BCUT2D eigenvalue weighted by atomic mass is 9.84. The van der Waals surface area contributed by atoms with E-state index in [1.54, 1.807) is 18.2 Å². The van der Waals surface area contributed by atoms with Crippen LogP contribution in [0.3, 0.4) is 0 Å². The lowest BCUT2D eigenvalue weighted by Crippen LogP contribution is -2.37. The molecule has 0 amide bonds. The Bertz CT molecular complexity index is 1210. The maximum Gasteiger partial charge on any atom is 0.322 e. The molecule has 0 saturated carbocycles. The first kappa shape index (κ1) is 25.5. The van der Waals surface area contributed by atoms with Crippen molar-refractivity contribution in [1.29, 1.82) is 0 Å². The Labute approximate surface area is 218 Å². The topological polar surface area (TPSA) is 92.5 Å². The zero-order valence-corrected chi connectivity index (χ0v) is 20.8. The van der Waals surface area contributed by atoms with E-state index in [1.807, 2.05) is 54.6 Å². The lowest BCUT2D eigenvalue weighted by molar-refractivity contribution is -0.387. The molecule has 6 nitrogen and oxygen atoms in total. The Morgan fingerprint density at radius 1 is 0.806 bits per heavy atom. The van der Waals surface area contributed by atoms with Crippen LogP contribution in [0.2, 0.25) is 0 Å². The summed E-state index contributed by atoms with van der Waals surface area (Å²) >= 11 is 2.48. The number of nitrogens with one attached hydrogen (secondary N) is 1. The normalized spacial score (nSPS) is 12.1. The van der Waals surface area contributed by atoms with E-state index in [2.05, 4.69) is 41.1 Å². The van der Waals surface area contributed by atoms with Crippen molar-refractivity contribution in [2.24, 2.45) is 0 Å². The summed E-state index contributed by atoms with van der Waals surface area (Å²) in [5, 5.41) is 21.4. The zero-order valence-electron chi connectivity index (χ0n) is 19.2. The molecule has 0 radical (unpaired) electrons. The zero-order chi connectivity index (χ0) is 25.4. The van der Waals surface area contributed by atoms with Gasteiger partial charge >= 0.3 is 5.97 Å². The van der Waals surface area contributed by atoms with Gasteiger partial charge in [-0.1, -0.05) is 103 Å². The molecule has 4 rings (SSSR count). The summed E-state index contributed by atoms with van der Waals surface area (Å²) in [6.45, 7) is 0. The minimum atomic E-state index is -1.03. The SMILES string of the molecule is O=C(O)[C@H](CSC(c1ccccc1)(c1ccccc1)c1ccccc1)NSc1ccccc1[N+](=O)[O-]. The van der Waals surface area contributed by atoms with Crippen LogP contribution < -0.4 is 4.72 Å². The number of hydrogen-bond donors (Lipinski definition) is 2. The van der Waals surface area contributed by atoms with Crippen LogP contribution in [0.25, 0.3) is 0 Å². The van der Waals surface area contributed by atoms with E-state index in [1.165, 1.54) is 17.8 Å². The van der Waals surface area contributed by atoms with Crippen LogP contribution in [-0.2, 0) is 9.54 Å². The number of para-hydroxylation sites is 1. The van der Waals surface area contributed by atoms with Crippen molar-refractivity contribution in [3.8, 4) is 0 Å². The standard InChI is InChI=1S/C28H24N2O4S2/c31-27(32)24(29-36-26-19-11-10-18-25(26)30(33)34)20-35-28(21-12-4-1-5-13-21,22-14-6-2-7-15-22)23-16-8-3-9-17-23/h1-19,24,29H,20H2,(H,31,32)/t24-/m0/s1. The van der Waals surface area contributed by atoms with Crippen LogP contribution in [-0.4, -0.2) is 27.8 Å². The first-order valence-electron chi connectivity index (χ1n) is 11.2. The number of aliphatic carboxylic acids is 1. The van der Waals surface area contributed by atoms with E-state index in [0.717, 1.165) is 28.6 Å². The van der Waals surface area contributed by atoms with Crippen LogP contribution in [0.4, 0.5) is 5.69 Å². The van der Waals surface area contributed by atoms with Gasteiger partial charge in [-0.2, -0.15) is 0 Å². The Hall–Kier alpha value is -3.59. The maximum absolute atomic E-state index is 12.2. The first-order chi connectivity index (χ1) is 17.5. The molecule has 0 fully saturated rings. The van der Waals surface area contributed by atoms with Gasteiger partial charge in [0.1, 0.15) is 10.9 Å². The second-order valence-electron chi connectivity index (χ2n) is 7.93. The summed E-state index contributed by atoms with van der Waals surface area (Å²) in [7, 11) is 0. The molecule has 4 aromatic rings. The summed E-state index contributed by atoms with van der Waals surface area (Å²) in [5.74, 6) is -0.821. The van der Waals surface area contributed by atoms with Gasteiger partial charge in [0.25, 0.3) is 5.69 Å². The Balaban J connectivity index is 1.69. The van der Waals surface area contributed by atoms with Gasteiger partial charge in [0.15, 0.2) is 0 Å². The molecule has 8 heteroatoms. The number of rotatable bonds is 11. The number of nitro benzene ring substituents is 1. The third kappa shape index (κ3) is 5.62. The van der Waals surface area contributed by atoms with E-state index >= 15 is 0 Å². The second kappa shape index (κ2) is 11.9. The highest BCUT2D eigenvalue weighted by atomic mass is 32.2. The average Bonchev–Trinajstić information content (AvgIpc) is 2.92. The Morgan fingerprint density at radius 2 is 1.25 bits per heavy atom. The molecule has 0 heterocycles. The van der Waals surface area contributed by atoms with Gasteiger partial charge in [-0.3, -0.25) is 14.9 Å². The van der Waals surface area contributed by atoms with Gasteiger partial charge in [-0.15, -0.1) is 11.8 Å². The largest absolute Gasteiger partial charge is 0.480 e. The molecule has 1 atom stereocenters. The van der Waals surface area contributed by atoms with Gasteiger partial charge in [-0.05, 0) is 34.7 Å². The smallest absolute Gasteiger partial charge is 0.322 e. The van der Waals surface area contributed by atoms with Gasteiger partial charge in [0.2, 0.25) is 0 Å². The highest BCUT2D eigenvalue weighted by Crippen LogP contribution is 2.48.